The molecule has 1 unspecified atom stereocenters. The lowest BCUT2D eigenvalue weighted by atomic mass is 10.00. The van der Waals surface area contributed by atoms with Crippen LogP contribution in [0.1, 0.15) is 34.5 Å². The second kappa shape index (κ2) is 9.22. The largest absolute Gasteiger partial charge is 0.345 e. The van der Waals surface area contributed by atoms with Gasteiger partial charge in [-0.1, -0.05) is 31.2 Å². The SMILES string of the molecule is CCc1ccc(C2CNCCN2C(=O)c2c[nH]c3ncccc23)cc1.Cl.Cl. The van der Waals surface area contributed by atoms with E-state index in [1.54, 1.807) is 12.4 Å². The van der Waals surface area contributed by atoms with Gasteiger partial charge in [0.2, 0.25) is 0 Å². The van der Waals surface area contributed by atoms with E-state index in [2.05, 4.69) is 46.5 Å². The molecule has 3 aromatic rings. The van der Waals surface area contributed by atoms with E-state index in [1.165, 1.54) is 11.1 Å². The Hall–Kier alpha value is -2.08. The van der Waals surface area contributed by atoms with Crippen LogP contribution >= 0.6 is 24.8 Å². The first-order chi connectivity index (χ1) is 12.3. The zero-order chi connectivity index (χ0) is 17.2. The van der Waals surface area contributed by atoms with Crippen molar-refractivity contribution in [3.8, 4) is 0 Å². The molecule has 0 saturated carbocycles. The highest BCUT2D eigenvalue weighted by Crippen LogP contribution is 2.27. The number of aromatic amines is 1. The van der Waals surface area contributed by atoms with E-state index in [9.17, 15) is 4.79 Å². The highest BCUT2D eigenvalue weighted by atomic mass is 35.5. The molecule has 0 spiro atoms. The number of aryl methyl sites for hydroxylation is 1. The van der Waals surface area contributed by atoms with E-state index < -0.39 is 0 Å². The number of fused-ring (bicyclic) bond motifs is 1. The van der Waals surface area contributed by atoms with Crippen LogP contribution in [0.5, 0.6) is 0 Å². The Balaban J connectivity index is 0.00000131. The monoisotopic (exact) mass is 406 g/mol. The van der Waals surface area contributed by atoms with E-state index in [4.69, 9.17) is 0 Å². The lowest BCUT2D eigenvalue weighted by Gasteiger charge is -2.36. The number of pyridine rings is 1. The number of nitrogens with zero attached hydrogens (tertiary/aromatic N) is 2. The normalized spacial score (nSPS) is 16.5. The van der Waals surface area contributed by atoms with Crippen LogP contribution < -0.4 is 5.32 Å². The van der Waals surface area contributed by atoms with Crippen molar-refractivity contribution in [1.82, 2.24) is 20.2 Å². The van der Waals surface area contributed by atoms with Crippen LogP contribution in [0, 0.1) is 0 Å². The topological polar surface area (TPSA) is 61.0 Å². The van der Waals surface area contributed by atoms with Crippen LogP contribution in [0.3, 0.4) is 0 Å². The maximum Gasteiger partial charge on any atom is 0.256 e. The van der Waals surface area contributed by atoms with Crippen molar-refractivity contribution in [1.29, 1.82) is 0 Å². The fourth-order valence-corrected chi connectivity index (χ4v) is 3.51. The van der Waals surface area contributed by atoms with Crippen molar-refractivity contribution in [2.24, 2.45) is 0 Å². The highest BCUT2D eigenvalue weighted by molar-refractivity contribution is 6.06. The molecule has 7 heteroatoms. The van der Waals surface area contributed by atoms with Gasteiger partial charge in [-0.3, -0.25) is 4.79 Å². The lowest BCUT2D eigenvalue weighted by Crippen LogP contribution is -2.48. The van der Waals surface area contributed by atoms with Gasteiger partial charge in [-0.25, -0.2) is 4.98 Å². The number of benzene rings is 1. The van der Waals surface area contributed by atoms with Gasteiger partial charge in [0.25, 0.3) is 5.91 Å². The Kier molecular flexibility index (Phi) is 7.25. The minimum Gasteiger partial charge on any atom is -0.345 e. The van der Waals surface area contributed by atoms with E-state index >= 15 is 0 Å². The van der Waals surface area contributed by atoms with Gasteiger partial charge in [-0.05, 0) is 29.7 Å². The summed E-state index contributed by atoms with van der Waals surface area (Å²) in [5.41, 5.74) is 3.94. The first kappa shape index (κ1) is 21.2. The van der Waals surface area contributed by atoms with Crippen LogP contribution in [-0.2, 0) is 6.42 Å². The Bertz CT molecular complexity index is 894. The van der Waals surface area contributed by atoms with Crippen molar-refractivity contribution in [2.75, 3.05) is 19.6 Å². The molecule has 1 aromatic carbocycles. The van der Waals surface area contributed by atoms with Crippen LogP contribution in [0.2, 0.25) is 0 Å². The van der Waals surface area contributed by atoms with Gasteiger partial charge in [-0.15, -0.1) is 24.8 Å². The Labute approximate surface area is 171 Å². The number of H-pyrrole nitrogens is 1. The van der Waals surface area contributed by atoms with Gasteiger partial charge in [0.1, 0.15) is 5.65 Å². The molecule has 1 aliphatic heterocycles. The quantitative estimate of drug-likeness (QED) is 0.695. The Morgan fingerprint density at radius 1 is 1.22 bits per heavy atom. The third kappa shape index (κ3) is 4.10. The molecule has 0 aliphatic carbocycles. The predicted molar refractivity (Wildman–Crippen MR) is 113 cm³/mol. The second-order valence-electron chi connectivity index (χ2n) is 6.42. The molecule has 0 radical (unpaired) electrons. The summed E-state index contributed by atoms with van der Waals surface area (Å²) >= 11 is 0. The number of nitrogens with one attached hydrogen (secondary N) is 2. The number of hydrogen-bond donors (Lipinski definition) is 2. The predicted octanol–water partition coefficient (Wildman–Crippen LogP) is 3.76. The summed E-state index contributed by atoms with van der Waals surface area (Å²) in [6, 6.07) is 12.5. The minimum atomic E-state index is 0. The first-order valence-electron chi connectivity index (χ1n) is 8.80. The highest BCUT2D eigenvalue weighted by Gasteiger charge is 2.29. The molecule has 27 heavy (non-hydrogen) atoms. The molecular weight excluding hydrogens is 383 g/mol. The van der Waals surface area contributed by atoms with Crippen LogP contribution in [0.25, 0.3) is 11.0 Å². The number of carbonyl (C=O) groups excluding carboxylic acids is 1. The molecule has 0 bridgehead atoms. The summed E-state index contributed by atoms with van der Waals surface area (Å²) in [6.45, 7) is 4.44. The smallest absolute Gasteiger partial charge is 0.256 e. The lowest BCUT2D eigenvalue weighted by molar-refractivity contribution is 0.0636. The Morgan fingerprint density at radius 2 is 2.00 bits per heavy atom. The molecule has 1 atom stereocenters. The van der Waals surface area contributed by atoms with E-state index in [1.807, 2.05) is 17.0 Å². The molecule has 2 N–H and O–H groups in total. The summed E-state index contributed by atoms with van der Waals surface area (Å²) in [5.74, 6) is 0.0605. The molecule has 1 fully saturated rings. The molecule has 5 nitrogen and oxygen atoms in total. The van der Waals surface area contributed by atoms with Crippen LogP contribution in [-0.4, -0.2) is 40.4 Å². The molecular formula is C20H24Cl2N4O. The summed E-state index contributed by atoms with van der Waals surface area (Å²) in [5, 5.41) is 4.30. The molecule has 4 rings (SSSR count). The number of hydrogen-bond acceptors (Lipinski definition) is 3. The van der Waals surface area contributed by atoms with Gasteiger partial charge in [0.15, 0.2) is 0 Å². The van der Waals surface area contributed by atoms with Crippen molar-refractivity contribution in [3.05, 3.63) is 65.5 Å². The third-order valence-corrected chi connectivity index (χ3v) is 4.96. The van der Waals surface area contributed by atoms with E-state index in [-0.39, 0.29) is 36.8 Å². The maximum atomic E-state index is 13.2. The van der Waals surface area contributed by atoms with Crippen LogP contribution in [0.15, 0.2) is 48.8 Å². The first-order valence-corrected chi connectivity index (χ1v) is 8.80. The molecule has 1 saturated heterocycles. The van der Waals surface area contributed by atoms with E-state index in [0.717, 1.165) is 30.5 Å². The average molecular weight is 407 g/mol. The van der Waals surface area contributed by atoms with Crippen molar-refractivity contribution < 1.29 is 4.79 Å². The maximum absolute atomic E-state index is 13.2. The summed E-state index contributed by atoms with van der Waals surface area (Å²) in [7, 11) is 0. The second-order valence-corrected chi connectivity index (χ2v) is 6.42. The zero-order valence-electron chi connectivity index (χ0n) is 15.1. The zero-order valence-corrected chi connectivity index (χ0v) is 16.8. The minimum absolute atomic E-state index is 0. The summed E-state index contributed by atoms with van der Waals surface area (Å²) < 4.78 is 0. The van der Waals surface area contributed by atoms with Gasteiger partial charge in [-0.2, -0.15) is 0 Å². The van der Waals surface area contributed by atoms with Gasteiger partial charge in [0, 0.05) is 37.4 Å². The number of rotatable bonds is 3. The van der Waals surface area contributed by atoms with Crippen molar-refractivity contribution in [2.45, 2.75) is 19.4 Å². The van der Waals surface area contributed by atoms with Crippen molar-refractivity contribution in [3.63, 3.8) is 0 Å². The molecule has 1 aliphatic rings. The number of piperazine rings is 1. The van der Waals surface area contributed by atoms with Crippen LogP contribution in [0.4, 0.5) is 0 Å². The number of aromatic nitrogens is 2. The number of carbonyl (C=O) groups is 1. The average Bonchev–Trinajstić information content (AvgIpc) is 3.12. The summed E-state index contributed by atoms with van der Waals surface area (Å²) in [6.07, 6.45) is 4.53. The number of amides is 1. The third-order valence-electron chi connectivity index (χ3n) is 4.96. The molecule has 2 aromatic heterocycles. The van der Waals surface area contributed by atoms with Gasteiger partial charge in [0.05, 0.1) is 11.6 Å². The fourth-order valence-electron chi connectivity index (χ4n) is 3.51. The van der Waals surface area contributed by atoms with Crippen molar-refractivity contribution >= 4 is 41.8 Å². The van der Waals surface area contributed by atoms with E-state index in [0.29, 0.717) is 12.1 Å². The molecule has 144 valence electrons. The Morgan fingerprint density at radius 3 is 2.74 bits per heavy atom. The van der Waals surface area contributed by atoms with Gasteiger partial charge >= 0.3 is 0 Å². The summed E-state index contributed by atoms with van der Waals surface area (Å²) in [4.78, 5) is 22.6. The number of halogens is 2. The molecule has 3 heterocycles. The molecule has 1 amide bonds. The standard InChI is InChI=1S/C20H22N4O.2ClH/c1-2-14-5-7-15(8-6-14)18-13-21-10-11-24(18)20(25)17-12-23-19-16(17)4-3-9-22-19;;/h3-9,12,18,21H,2,10-11,13H2,1H3,(H,22,23);2*1H. The van der Waals surface area contributed by atoms with Gasteiger partial charge < -0.3 is 15.2 Å². The fraction of sp³-hybridized carbons (Fsp3) is 0.300.